The Bertz CT molecular complexity index is 956. The molecule has 0 saturated carbocycles. The van der Waals surface area contributed by atoms with Gasteiger partial charge in [0.1, 0.15) is 0 Å². The molecule has 24 heavy (non-hydrogen) atoms. The lowest BCUT2D eigenvalue weighted by Crippen LogP contribution is -2.41. The van der Waals surface area contributed by atoms with E-state index in [1.807, 2.05) is 31.2 Å². The van der Waals surface area contributed by atoms with E-state index in [9.17, 15) is 18.0 Å². The smallest absolute Gasteiger partial charge is 0.302 e. The van der Waals surface area contributed by atoms with Crippen LogP contribution in [0.5, 0.6) is 0 Å². The van der Waals surface area contributed by atoms with Gasteiger partial charge >= 0.3 is 5.69 Å². The molecular weight excluding hydrogens is 330 g/mol. The van der Waals surface area contributed by atoms with Crippen molar-refractivity contribution in [2.75, 3.05) is 0 Å². The van der Waals surface area contributed by atoms with Crippen LogP contribution in [0.1, 0.15) is 31.0 Å². The number of benzene rings is 1. The molecular formula is C16H21N3O4S. The summed E-state index contributed by atoms with van der Waals surface area (Å²) in [6.07, 6.45) is 1.94. The van der Waals surface area contributed by atoms with Crippen LogP contribution in [0.25, 0.3) is 0 Å². The Kier molecular flexibility index (Phi) is 5.10. The van der Waals surface area contributed by atoms with Gasteiger partial charge < -0.3 is 4.57 Å². The van der Waals surface area contributed by atoms with Crippen LogP contribution in [0.3, 0.4) is 0 Å². The number of hydrogen-bond acceptors (Lipinski definition) is 4. The minimum absolute atomic E-state index is 0.455. The standard InChI is InChI=1S/C16H21N3O4S/c1-5-12-6-8-13(9-7-12)11(2)17-24(22,23)14-10-18(3)16(21)19(4)15(14)20/h6-11,17H,5H2,1-4H3. The zero-order valence-corrected chi connectivity index (χ0v) is 14.9. The van der Waals surface area contributed by atoms with Crippen LogP contribution in [0, 0.1) is 0 Å². The summed E-state index contributed by atoms with van der Waals surface area (Å²) in [4.78, 5) is 23.3. The minimum atomic E-state index is -4.06. The molecule has 2 aromatic rings. The Morgan fingerprint density at radius 1 is 1.12 bits per heavy atom. The molecule has 1 unspecified atom stereocenters. The molecule has 1 N–H and O–H groups in total. The van der Waals surface area contributed by atoms with E-state index in [1.54, 1.807) is 6.92 Å². The Hall–Kier alpha value is -2.19. The quantitative estimate of drug-likeness (QED) is 0.858. The number of sulfonamides is 1. The molecule has 0 saturated heterocycles. The highest BCUT2D eigenvalue weighted by Gasteiger charge is 2.23. The predicted molar refractivity (Wildman–Crippen MR) is 91.5 cm³/mol. The lowest BCUT2D eigenvalue weighted by atomic mass is 10.1. The fourth-order valence-electron chi connectivity index (χ4n) is 2.37. The maximum absolute atomic E-state index is 12.5. The number of hydrogen-bond donors (Lipinski definition) is 1. The maximum Gasteiger partial charge on any atom is 0.330 e. The summed E-state index contributed by atoms with van der Waals surface area (Å²) in [5.41, 5.74) is 0.513. The van der Waals surface area contributed by atoms with Crippen molar-refractivity contribution in [1.82, 2.24) is 13.9 Å². The van der Waals surface area contributed by atoms with Crippen LogP contribution >= 0.6 is 0 Å². The second-order valence-electron chi connectivity index (χ2n) is 5.69. The van der Waals surface area contributed by atoms with E-state index in [-0.39, 0.29) is 0 Å². The second-order valence-corrected chi connectivity index (χ2v) is 7.37. The highest BCUT2D eigenvalue weighted by Crippen LogP contribution is 2.16. The first-order valence-corrected chi connectivity index (χ1v) is 9.03. The van der Waals surface area contributed by atoms with Gasteiger partial charge in [0, 0.05) is 26.3 Å². The second kappa shape index (κ2) is 6.74. The Balaban J connectivity index is 2.38. The molecule has 0 aliphatic heterocycles. The fourth-order valence-corrected chi connectivity index (χ4v) is 3.76. The molecule has 2 rings (SSSR count). The summed E-state index contributed by atoms with van der Waals surface area (Å²) >= 11 is 0. The molecule has 8 heteroatoms. The van der Waals surface area contributed by atoms with E-state index in [4.69, 9.17) is 0 Å². The van der Waals surface area contributed by atoms with Gasteiger partial charge in [0.15, 0.2) is 4.90 Å². The van der Waals surface area contributed by atoms with Gasteiger partial charge in [0.25, 0.3) is 5.56 Å². The summed E-state index contributed by atoms with van der Waals surface area (Å²) in [6, 6.07) is 7.06. The molecule has 0 spiro atoms. The van der Waals surface area contributed by atoms with E-state index in [2.05, 4.69) is 4.72 Å². The highest BCUT2D eigenvalue weighted by atomic mass is 32.2. The third-order valence-corrected chi connectivity index (χ3v) is 5.45. The van der Waals surface area contributed by atoms with Gasteiger partial charge in [0.05, 0.1) is 0 Å². The van der Waals surface area contributed by atoms with Crippen LogP contribution in [0.15, 0.2) is 44.9 Å². The molecule has 1 aromatic carbocycles. The monoisotopic (exact) mass is 351 g/mol. The summed E-state index contributed by atoms with van der Waals surface area (Å²) in [7, 11) is -1.42. The van der Waals surface area contributed by atoms with Gasteiger partial charge in [-0.3, -0.25) is 9.36 Å². The van der Waals surface area contributed by atoms with Crippen molar-refractivity contribution < 1.29 is 8.42 Å². The topological polar surface area (TPSA) is 90.2 Å². The van der Waals surface area contributed by atoms with Gasteiger partial charge in [-0.25, -0.2) is 17.9 Å². The van der Waals surface area contributed by atoms with Crippen LogP contribution in [-0.2, 0) is 30.5 Å². The molecule has 0 amide bonds. The highest BCUT2D eigenvalue weighted by molar-refractivity contribution is 7.89. The van der Waals surface area contributed by atoms with Crippen LogP contribution in [0.4, 0.5) is 0 Å². The average Bonchev–Trinajstić information content (AvgIpc) is 2.55. The lowest BCUT2D eigenvalue weighted by molar-refractivity contribution is 0.557. The fraction of sp³-hybridized carbons (Fsp3) is 0.375. The third kappa shape index (κ3) is 3.49. The van der Waals surface area contributed by atoms with Gasteiger partial charge in [0.2, 0.25) is 10.0 Å². The van der Waals surface area contributed by atoms with Crippen molar-refractivity contribution in [3.8, 4) is 0 Å². The summed E-state index contributed by atoms with van der Waals surface area (Å²) in [5.74, 6) is 0. The molecule has 1 aromatic heterocycles. The summed E-state index contributed by atoms with van der Waals surface area (Å²) < 4.78 is 29.4. The molecule has 130 valence electrons. The van der Waals surface area contributed by atoms with E-state index in [0.717, 1.165) is 32.9 Å². The van der Waals surface area contributed by atoms with Gasteiger partial charge in [-0.05, 0) is 24.5 Å². The van der Waals surface area contributed by atoms with Crippen LogP contribution < -0.4 is 16.0 Å². The molecule has 0 aliphatic rings. The number of nitrogens with one attached hydrogen (secondary N) is 1. The van der Waals surface area contributed by atoms with E-state index in [1.165, 1.54) is 14.1 Å². The normalized spacial score (nSPS) is 13.0. The molecule has 0 fully saturated rings. The van der Waals surface area contributed by atoms with Gasteiger partial charge in [-0.1, -0.05) is 31.2 Å². The van der Waals surface area contributed by atoms with Gasteiger partial charge in [-0.15, -0.1) is 0 Å². The largest absolute Gasteiger partial charge is 0.330 e. The molecule has 0 radical (unpaired) electrons. The average molecular weight is 351 g/mol. The number of nitrogens with zero attached hydrogens (tertiary/aromatic N) is 2. The third-order valence-electron chi connectivity index (χ3n) is 3.92. The summed E-state index contributed by atoms with van der Waals surface area (Å²) in [5, 5.41) is 0. The van der Waals surface area contributed by atoms with Crippen molar-refractivity contribution >= 4 is 10.0 Å². The molecule has 1 atom stereocenters. The van der Waals surface area contributed by atoms with E-state index < -0.39 is 32.2 Å². The van der Waals surface area contributed by atoms with E-state index in [0.29, 0.717) is 0 Å². The van der Waals surface area contributed by atoms with Gasteiger partial charge in [-0.2, -0.15) is 0 Å². The maximum atomic E-state index is 12.5. The SMILES string of the molecule is CCc1ccc(C(C)NS(=O)(=O)c2cn(C)c(=O)n(C)c2=O)cc1. The molecule has 1 heterocycles. The Labute approximate surface area is 140 Å². The number of aromatic nitrogens is 2. The van der Waals surface area contributed by atoms with Crippen LogP contribution in [0.2, 0.25) is 0 Å². The lowest BCUT2D eigenvalue weighted by Gasteiger charge is -2.15. The number of aryl methyl sites for hydroxylation is 2. The van der Waals surface area contributed by atoms with Crippen molar-refractivity contribution in [2.45, 2.75) is 31.2 Å². The first-order chi connectivity index (χ1) is 11.2. The predicted octanol–water partition coefficient (Wildman–Crippen LogP) is 0.686. The van der Waals surface area contributed by atoms with Crippen molar-refractivity contribution in [1.29, 1.82) is 0 Å². The van der Waals surface area contributed by atoms with Crippen molar-refractivity contribution in [3.63, 3.8) is 0 Å². The molecule has 7 nitrogen and oxygen atoms in total. The van der Waals surface area contributed by atoms with E-state index >= 15 is 0 Å². The first kappa shape index (κ1) is 18.2. The van der Waals surface area contributed by atoms with Crippen LogP contribution in [-0.4, -0.2) is 17.6 Å². The molecule has 0 bridgehead atoms. The zero-order chi connectivity index (χ0) is 18.1. The van der Waals surface area contributed by atoms with Crippen molar-refractivity contribution in [2.24, 2.45) is 14.1 Å². The van der Waals surface area contributed by atoms with Crippen molar-refractivity contribution in [3.05, 3.63) is 62.4 Å². The summed E-state index contributed by atoms with van der Waals surface area (Å²) in [6.45, 7) is 3.74. The Morgan fingerprint density at radius 2 is 1.71 bits per heavy atom. The molecule has 0 aliphatic carbocycles. The number of rotatable bonds is 5. The first-order valence-electron chi connectivity index (χ1n) is 7.55. The Morgan fingerprint density at radius 3 is 2.25 bits per heavy atom. The zero-order valence-electron chi connectivity index (χ0n) is 14.1. The minimum Gasteiger partial charge on any atom is -0.302 e.